The highest BCUT2D eigenvalue weighted by Gasteiger charge is 2.71. The highest BCUT2D eigenvalue weighted by Crippen LogP contribution is 2.77. The van der Waals surface area contributed by atoms with Crippen molar-refractivity contribution in [2.75, 3.05) is 19.7 Å². The molecule has 8 heteroatoms. The first-order chi connectivity index (χ1) is 23.5. The number of carbonyl (C=O) groups excluding carboxylic acids is 2. The van der Waals surface area contributed by atoms with E-state index < -0.39 is 12.1 Å². The van der Waals surface area contributed by atoms with Crippen molar-refractivity contribution in [1.82, 2.24) is 0 Å². The predicted molar refractivity (Wildman–Crippen MR) is 202 cm³/mol. The van der Waals surface area contributed by atoms with E-state index in [9.17, 15) is 9.59 Å². The lowest BCUT2D eigenvalue weighted by Gasteiger charge is -2.73. The van der Waals surface area contributed by atoms with Gasteiger partial charge in [0.1, 0.15) is 18.2 Å². The van der Waals surface area contributed by atoms with Crippen molar-refractivity contribution in [1.29, 1.82) is 0 Å². The maximum absolute atomic E-state index is 13.2. The molecule has 1 unspecified atom stereocenters. The molecule has 0 heterocycles. The summed E-state index contributed by atoms with van der Waals surface area (Å²) in [5.41, 5.74) is 25.7. The number of carbonyl (C=O) groups is 2. The van der Waals surface area contributed by atoms with Gasteiger partial charge in [-0.05, 0) is 156 Å². The van der Waals surface area contributed by atoms with Crippen LogP contribution in [0.3, 0.4) is 0 Å². The number of ether oxygens (including phenoxy) is 2. The molecule has 0 aliphatic heterocycles. The summed E-state index contributed by atoms with van der Waals surface area (Å²) in [6.07, 6.45) is 15.9. The Morgan fingerprint density at radius 2 is 1.38 bits per heavy atom. The molecule has 5 aliphatic carbocycles. The first-order valence-corrected chi connectivity index (χ1v) is 20.5. The lowest BCUT2D eigenvalue weighted by Crippen LogP contribution is -2.67. The molecule has 0 radical (unpaired) electrons. The second kappa shape index (κ2) is 15.1. The summed E-state index contributed by atoms with van der Waals surface area (Å²) in [7, 11) is 0. The summed E-state index contributed by atoms with van der Waals surface area (Å²) < 4.78 is 12.4. The zero-order valence-corrected chi connectivity index (χ0v) is 32.7. The summed E-state index contributed by atoms with van der Waals surface area (Å²) in [6, 6.07) is -1.15. The fourth-order valence-corrected chi connectivity index (χ4v) is 13.5. The number of allylic oxidation sites excluding steroid dienone is 1. The third kappa shape index (κ3) is 6.75. The molecular formula is C42H74N4O4. The van der Waals surface area contributed by atoms with Crippen LogP contribution in [-0.4, -0.2) is 49.8 Å². The van der Waals surface area contributed by atoms with Gasteiger partial charge in [0.25, 0.3) is 0 Å². The van der Waals surface area contributed by atoms with Crippen molar-refractivity contribution in [3.05, 3.63) is 12.2 Å². The van der Waals surface area contributed by atoms with Crippen LogP contribution in [0.15, 0.2) is 12.2 Å². The Hall–Kier alpha value is -1.48. The zero-order valence-electron chi connectivity index (χ0n) is 32.7. The Labute approximate surface area is 304 Å². The summed E-state index contributed by atoms with van der Waals surface area (Å²) in [6.45, 7) is 21.1. The number of hydrogen-bond donors (Lipinski definition) is 4. The van der Waals surface area contributed by atoms with E-state index in [1.54, 1.807) is 0 Å². The normalized spacial score (nSPS) is 41.5. The van der Waals surface area contributed by atoms with E-state index >= 15 is 0 Å². The molecule has 0 saturated heterocycles. The number of esters is 2. The molecule has 5 fully saturated rings. The number of fused-ring (bicyclic) bond motifs is 7. The quantitative estimate of drug-likeness (QED) is 0.0857. The highest BCUT2D eigenvalue weighted by molar-refractivity contribution is 5.76. The Kier molecular flexibility index (Phi) is 12.0. The van der Waals surface area contributed by atoms with Crippen LogP contribution >= 0.6 is 0 Å². The van der Waals surface area contributed by atoms with Crippen molar-refractivity contribution in [3.63, 3.8) is 0 Å². The van der Waals surface area contributed by atoms with E-state index in [-0.39, 0.29) is 45.1 Å². The standard InChI is InChI=1S/C42H74N4O4/c1-27(2)28-16-21-42(26-49-36(47)30(45)12-8-10-24-43)23-22-40(6)29(35(28)42)14-15-33-39(5)19-18-34(50-37(48)31(46)13-9-11-25-44)38(3,4)32(39)17-20-41(33,40)7/h28-35H,1,8-26,43-46H2,2-7H3/t28-,29+,30-,31-,32-,33+,34-,35?,39-,40+,41+,42+/m0/s1. The molecule has 5 aliphatic rings. The average molecular weight is 699 g/mol. The van der Waals surface area contributed by atoms with Crippen LogP contribution in [0.2, 0.25) is 0 Å². The van der Waals surface area contributed by atoms with Crippen LogP contribution in [0.1, 0.15) is 144 Å². The molecule has 5 saturated carbocycles. The fourth-order valence-electron chi connectivity index (χ4n) is 13.5. The SMILES string of the molecule is C=C(C)[C@@H]1CC[C@]2(COC(=O)[C@@H](N)CCCCN)CC[C@]3(C)[C@H](CC[C@@H]4[C@@]5(C)CC[C@H](OC(=O)[C@@H](N)CCCCN)C(C)(C)[C@@H]5CC[C@]43C)C12. The van der Waals surface area contributed by atoms with Crippen molar-refractivity contribution >= 4 is 11.9 Å². The van der Waals surface area contributed by atoms with Crippen LogP contribution in [0.25, 0.3) is 0 Å². The number of rotatable bonds is 14. The highest BCUT2D eigenvalue weighted by atomic mass is 16.5. The minimum atomic E-state index is -0.575. The minimum Gasteiger partial charge on any atom is -0.464 e. The van der Waals surface area contributed by atoms with Gasteiger partial charge in [0.2, 0.25) is 0 Å². The van der Waals surface area contributed by atoms with Crippen molar-refractivity contribution in [2.24, 2.45) is 79.6 Å². The predicted octanol–water partition coefficient (Wildman–Crippen LogP) is 7.01. The number of hydrogen-bond acceptors (Lipinski definition) is 8. The van der Waals surface area contributed by atoms with Gasteiger partial charge >= 0.3 is 11.9 Å². The number of unbranched alkanes of at least 4 members (excludes halogenated alkanes) is 2. The van der Waals surface area contributed by atoms with Crippen LogP contribution < -0.4 is 22.9 Å². The largest absolute Gasteiger partial charge is 0.464 e. The zero-order chi connectivity index (χ0) is 36.7. The third-order valence-corrected chi connectivity index (χ3v) is 16.5. The molecule has 0 bridgehead atoms. The molecule has 0 spiro atoms. The van der Waals surface area contributed by atoms with E-state index in [0.29, 0.717) is 62.1 Å². The summed E-state index contributed by atoms with van der Waals surface area (Å²) in [5.74, 6) is 2.13. The Morgan fingerprint density at radius 3 is 2.00 bits per heavy atom. The first-order valence-electron chi connectivity index (χ1n) is 20.5. The molecule has 5 rings (SSSR count). The average Bonchev–Trinajstić information content (AvgIpc) is 3.45. The first kappa shape index (κ1) is 39.7. The Balaban J connectivity index is 1.35. The topological polar surface area (TPSA) is 157 Å². The van der Waals surface area contributed by atoms with E-state index in [1.807, 2.05) is 0 Å². The van der Waals surface area contributed by atoms with Crippen LogP contribution in [-0.2, 0) is 19.1 Å². The van der Waals surface area contributed by atoms with E-state index in [2.05, 4.69) is 48.1 Å². The van der Waals surface area contributed by atoms with Gasteiger partial charge in [-0.1, -0.05) is 59.6 Å². The second-order valence-corrected chi connectivity index (χ2v) is 19.2. The summed E-state index contributed by atoms with van der Waals surface area (Å²) >= 11 is 0. The molecule has 0 aromatic heterocycles. The minimum absolute atomic E-state index is 0.000170. The van der Waals surface area contributed by atoms with Crippen molar-refractivity contribution < 1.29 is 19.1 Å². The van der Waals surface area contributed by atoms with Gasteiger partial charge in [-0.15, -0.1) is 0 Å². The molecular weight excluding hydrogens is 624 g/mol. The second-order valence-electron chi connectivity index (χ2n) is 19.2. The molecule has 12 atom stereocenters. The van der Waals surface area contributed by atoms with Gasteiger partial charge in [-0.2, -0.15) is 0 Å². The van der Waals surface area contributed by atoms with Gasteiger partial charge < -0.3 is 32.4 Å². The van der Waals surface area contributed by atoms with E-state index in [4.69, 9.17) is 32.4 Å². The van der Waals surface area contributed by atoms with Crippen LogP contribution in [0.5, 0.6) is 0 Å². The van der Waals surface area contributed by atoms with Gasteiger partial charge in [0, 0.05) is 10.8 Å². The van der Waals surface area contributed by atoms with Gasteiger partial charge in [-0.25, -0.2) is 0 Å². The van der Waals surface area contributed by atoms with Gasteiger partial charge in [0.05, 0.1) is 6.61 Å². The molecule has 0 aromatic carbocycles. The van der Waals surface area contributed by atoms with Crippen molar-refractivity contribution in [3.8, 4) is 0 Å². The summed E-state index contributed by atoms with van der Waals surface area (Å²) in [4.78, 5) is 26.3. The van der Waals surface area contributed by atoms with Gasteiger partial charge in [0.15, 0.2) is 0 Å². The third-order valence-electron chi connectivity index (χ3n) is 16.5. The fraction of sp³-hybridized carbons (Fsp3) is 0.905. The number of nitrogens with two attached hydrogens (primary N) is 4. The molecule has 286 valence electrons. The lowest BCUT2D eigenvalue weighted by molar-refractivity contribution is -0.252. The monoisotopic (exact) mass is 699 g/mol. The molecule has 0 amide bonds. The van der Waals surface area contributed by atoms with Crippen molar-refractivity contribution in [2.45, 2.75) is 162 Å². The maximum atomic E-state index is 13.2. The molecule has 8 nitrogen and oxygen atoms in total. The van der Waals surface area contributed by atoms with E-state index in [1.165, 1.54) is 31.3 Å². The van der Waals surface area contributed by atoms with Crippen LogP contribution in [0.4, 0.5) is 0 Å². The van der Waals surface area contributed by atoms with Crippen LogP contribution in [0, 0.1) is 56.7 Å². The molecule has 8 N–H and O–H groups in total. The Morgan fingerprint density at radius 1 is 0.740 bits per heavy atom. The molecule has 50 heavy (non-hydrogen) atoms. The van der Waals surface area contributed by atoms with E-state index in [0.717, 1.165) is 64.2 Å². The Bertz CT molecular complexity index is 1240. The smallest absolute Gasteiger partial charge is 0.323 e. The summed E-state index contributed by atoms with van der Waals surface area (Å²) in [5, 5.41) is 0. The lowest BCUT2D eigenvalue weighted by atomic mass is 9.32. The maximum Gasteiger partial charge on any atom is 0.323 e. The molecule has 0 aromatic rings. The van der Waals surface area contributed by atoms with Gasteiger partial charge in [-0.3, -0.25) is 9.59 Å².